The van der Waals surface area contributed by atoms with Crippen molar-refractivity contribution in [2.24, 2.45) is 4.99 Å². The number of aliphatic imine (C=N–C) groups is 1. The molecule has 0 saturated heterocycles. The summed E-state index contributed by atoms with van der Waals surface area (Å²) in [5.41, 5.74) is 2.13. The first-order valence-corrected chi connectivity index (χ1v) is 9.70. The Balaban J connectivity index is 1.79. The highest BCUT2D eigenvalue weighted by Gasteiger charge is 2.05. The van der Waals surface area contributed by atoms with Crippen LogP contribution in [0.1, 0.15) is 18.1 Å². The van der Waals surface area contributed by atoms with Crippen LogP contribution in [0, 0.1) is 0 Å². The van der Waals surface area contributed by atoms with E-state index in [2.05, 4.69) is 20.9 Å². The summed E-state index contributed by atoms with van der Waals surface area (Å²) in [7, 11) is 3.30. The number of ether oxygens (including phenoxy) is 2. The molecule has 0 bridgehead atoms. The third kappa shape index (κ3) is 7.73. The summed E-state index contributed by atoms with van der Waals surface area (Å²) < 4.78 is 10.5. The largest absolute Gasteiger partial charge is 0.497 e. The fourth-order valence-electron chi connectivity index (χ4n) is 2.72. The van der Waals surface area contributed by atoms with Crippen molar-refractivity contribution in [3.8, 4) is 11.5 Å². The summed E-state index contributed by atoms with van der Waals surface area (Å²) >= 11 is 0. The number of rotatable bonds is 10. The van der Waals surface area contributed by atoms with Crippen molar-refractivity contribution in [2.75, 3.05) is 33.9 Å². The van der Waals surface area contributed by atoms with E-state index >= 15 is 0 Å². The van der Waals surface area contributed by atoms with Crippen molar-refractivity contribution in [2.45, 2.75) is 19.9 Å². The number of methoxy groups -OCH3 is 2. The maximum absolute atomic E-state index is 12.1. The number of benzene rings is 2. The third-order valence-corrected chi connectivity index (χ3v) is 4.25. The highest BCUT2D eigenvalue weighted by Crippen LogP contribution is 2.17. The summed E-state index contributed by atoms with van der Waals surface area (Å²) in [4.78, 5) is 16.5. The van der Waals surface area contributed by atoms with Gasteiger partial charge in [0.1, 0.15) is 18.0 Å². The monoisotopic (exact) mass is 398 g/mol. The molecule has 0 saturated carbocycles. The second-order valence-corrected chi connectivity index (χ2v) is 6.31. The predicted octanol–water partition coefficient (Wildman–Crippen LogP) is 2.12. The molecule has 1 amide bonds. The van der Waals surface area contributed by atoms with Gasteiger partial charge in [0.05, 0.1) is 14.2 Å². The van der Waals surface area contributed by atoms with Gasteiger partial charge >= 0.3 is 0 Å². The van der Waals surface area contributed by atoms with Crippen LogP contribution in [-0.2, 0) is 17.8 Å². The summed E-state index contributed by atoms with van der Waals surface area (Å²) in [5.74, 6) is 2.14. The zero-order chi connectivity index (χ0) is 20.9. The molecule has 3 N–H and O–H groups in total. The van der Waals surface area contributed by atoms with Gasteiger partial charge in [0.25, 0.3) is 0 Å². The fraction of sp³-hybridized carbons (Fsp3) is 0.364. The van der Waals surface area contributed by atoms with Crippen LogP contribution in [0.5, 0.6) is 11.5 Å². The molecule has 0 heterocycles. The lowest BCUT2D eigenvalue weighted by atomic mass is 10.1. The van der Waals surface area contributed by atoms with Crippen LogP contribution in [0.3, 0.4) is 0 Å². The zero-order valence-corrected chi connectivity index (χ0v) is 17.3. The SMILES string of the molecule is CCNC(=NCC(=O)NCc1ccc(OC)cc1)NCCc1ccccc1OC. The highest BCUT2D eigenvalue weighted by molar-refractivity contribution is 5.84. The second-order valence-electron chi connectivity index (χ2n) is 6.31. The minimum absolute atomic E-state index is 0.0557. The molecule has 0 spiro atoms. The lowest BCUT2D eigenvalue weighted by molar-refractivity contribution is -0.119. The van der Waals surface area contributed by atoms with Crippen LogP contribution >= 0.6 is 0 Å². The van der Waals surface area contributed by atoms with Crippen molar-refractivity contribution < 1.29 is 14.3 Å². The first kappa shape index (κ1) is 22.1. The molecule has 0 atom stereocenters. The summed E-state index contributed by atoms with van der Waals surface area (Å²) in [5, 5.41) is 9.28. The minimum Gasteiger partial charge on any atom is -0.497 e. The Morgan fingerprint density at radius 1 is 0.966 bits per heavy atom. The normalized spacial score (nSPS) is 10.9. The number of nitrogens with zero attached hydrogens (tertiary/aromatic N) is 1. The molecule has 156 valence electrons. The maximum atomic E-state index is 12.1. The summed E-state index contributed by atoms with van der Waals surface area (Å²) in [6.07, 6.45) is 0.790. The molecule has 0 aliphatic heterocycles. The molecule has 2 aromatic rings. The van der Waals surface area contributed by atoms with Gasteiger partial charge in [0, 0.05) is 19.6 Å². The average molecular weight is 399 g/mol. The van der Waals surface area contributed by atoms with E-state index in [9.17, 15) is 4.79 Å². The average Bonchev–Trinajstić information content (AvgIpc) is 2.76. The van der Waals surface area contributed by atoms with E-state index in [0.717, 1.165) is 29.0 Å². The summed E-state index contributed by atoms with van der Waals surface area (Å²) in [6, 6.07) is 15.5. The van der Waals surface area contributed by atoms with Gasteiger partial charge in [-0.05, 0) is 42.7 Å². The Kier molecular flexibility index (Phi) is 9.35. The van der Waals surface area contributed by atoms with Crippen molar-refractivity contribution >= 4 is 11.9 Å². The van der Waals surface area contributed by atoms with E-state index in [0.29, 0.717) is 25.6 Å². The third-order valence-electron chi connectivity index (χ3n) is 4.25. The molecule has 0 fully saturated rings. The molecule has 0 aromatic heterocycles. The number of hydrogen-bond acceptors (Lipinski definition) is 4. The number of hydrogen-bond donors (Lipinski definition) is 3. The number of para-hydroxylation sites is 1. The molecule has 0 aliphatic rings. The number of carbonyl (C=O) groups excluding carboxylic acids is 1. The number of amides is 1. The Bertz CT molecular complexity index is 791. The van der Waals surface area contributed by atoms with Gasteiger partial charge in [0.2, 0.25) is 5.91 Å². The highest BCUT2D eigenvalue weighted by atomic mass is 16.5. The van der Waals surface area contributed by atoms with Crippen LogP contribution < -0.4 is 25.4 Å². The lowest BCUT2D eigenvalue weighted by Gasteiger charge is -2.13. The van der Waals surface area contributed by atoms with E-state index in [4.69, 9.17) is 9.47 Å². The zero-order valence-electron chi connectivity index (χ0n) is 17.3. The molecule has 0 aliphatic carbocycles. The molecule has 29 heavy (non-hydrogen) atoms. The topological polar surface area (TPSA) is 84.0 Å². The van der Waals surface area contributed by atoms with Crippen molar-refractivity contribution in [1.29, 1.82) is 0 Å². The van der Waals surface area contributed by atoms with Gasteiger partial charge in [-0.25, -0.2) is 4.99 Å². The number of carbonyl (C=O) groups is 1. The quantitative estimate of drug-likeness (QED) is 0.422. The molecule has 2 rings (SSSR count). The molecular formula is C22H30N4O3. The van der Waals surface area contributed by atoms with Crippen LogP contribution in [0.15, 0.2) is 53.5 Å². The van der Waals surface area contributed by atoms with Crippen LogP contribution in [0.2, 0.25) is 0 Å². The van der Waals surface area contributed by atoms with Gasteiger partial charge in [0.15, 0.2) is 5.96 Å². The Labute approximate surface area is 172 Å². The molecule has 7 heteroatoms. The van der Waals surface area contributed by atoms with Gasteiger partial charge < -0.3 is 25.4 Å². The van der Waals surface area contributed by atoms with Crippen molar-refractivity contribution in [1.82, 2.24) is 16.0 Å². The van der Waals surface area contributed by atoms with Crippen molar-refractivity contribution in [3.63, 3.8) is 0 Å². The van der Waals surface area contributed by atoms with Gasteiger partial charge in [-0.3, -0.25) is 4.79 Å². The number of nitrogens with one attached hydrogen (secondary N) is 3. The Morgan fingerprint density at radius 3 is 2.41 bits per heavy atom. The summed E-state index contributed by atoms with van der Waals surface area (Å²) in [6.45, 7) is 3.89. The lowest BCUT2D eigenvalue weighted by Crippen LogP contribution is -2.39. The molecular weight excluding hydrogens is 368 g/mol. The van der Waals surface area contributed by atoms with E-state index in [-0.39, 0.29) is 12.5 Å². The molecule has 0 unspecified atom stereocenters. The first-order valence-electron chi connectivity index (χ1n) is 9.70. The minimum atomic E-state index is -0.136. The Morgan fingerprint density at radius 2 is 1.72 bits per heavy atom. The van der Waals surface area contributed by atoms with Crippen LogP contribution in [-0.4, -0.2) is 45.7 Å². The first-order chi connectivity index (χ1) is 14.2. The van der Waals surface area contributed by atoms with E-state index in [1.165, 1.54) is 0 Å². The van der Waals surface area contributed by atoms with E-state index in [1.807, 2.05) is 55.5 Å². The van der Waals surface area contributed by atoms with Crippen LogP contribution in [0.25, 0.3) is 0 Å². The number of guanidine groups is 1. The smallest absolute Gasteiger partial charge is 0.242 e. The van der Waals surface area contributed by atoms with Crippen LogP contribution in [0.4, 0.5) is 0 Å². The Hall–Kier alpha value is -3.22. The van der Waals surface area contributed by atoms with Gasteiger partial charge in [-0.15, -0.1) is 0 Å². The molecule has 2 aromatic carbocycles. The molecule has 7 nitrogen and oxygen atoms in total. The second kappa shape index (κ2) is 12.3. The predicted molar refractivity (Wildman–Crippen MR) is 116 cm³/mol. The van der Waals surface area contributed by atoms with E-state index < -0.39 is 0 Å². The standard InChI is InChI=1S/C22H30N4O3/c1-4-23-22(24-14-13-18-7-5-6-8-20(18)29-3)26-16-21(27)25-15-17-9-11-19(28-2)12-10-17/h5-12H,4,13-16H2,1-3H3,(H,25,27)(H2,23,24,26). The van der Waals surface area contributed by atoms with Gasteiger partial charge in [-0.1, -0.05) is 30.3 Å². The fourth-order valence-corrected chi connectivity index (χ4v) is 2.72. The van der Waals surface area contributed by atoms with E-state index in [1.54, 1.807) is 14.2 Å². The maximum Gasteiger partial charge on any atom is 0.242 e. The molecule has 0 radical (unpaired) electrons. The van der Waals surface area contributed by atoms with Crippen molar-refractivity contribution in [3.05, 3.63) is 59.7 Å². The van der Waals surface area contributed by atoms with Gasteiger partial charge in [-0.2, -0.15) is 0 Å².